The van der Waals surface area contributed by atoms with Crippen molar-refractivity contribution in [1.82, 2.24) is 14.3 Å². The number of carbonyl (C=O) groups is 1. The minimum absolute atomic E-state index is 0.208. The van der Waals surface area contributed by atoms with Crippen molar-refractivity contribution in [3.63, 3.8) is 0 Å². The van der Waals surface area contributed by atoms with Gasteiger partial charge in [-0.3, -0.25) is 10.1 Å². The summed E-state index contributed by atoms with van der Waals surface area (Å²) in [6, 6.07) is 13.4. The second kappa shape index (κ2) is 6.54. The Kier molecular flexibility index (Phi) is 4.21. The number of para-hydroxylation sites is 2. The van der Waals surface area contributed by atoms with Gasteiger partial charge in [-0.15, -0.1) is 0 Å². The van der Waals surface area contributed by atoms with Crippen molar-refractivity contribution in [1.29, 1.82) is 0 Å². The lowest BCUT2D eigenvalue weighted by Gasteiger charge is -2.15. The Morgan fingerprint density at radius 3 is 2.42 bits per heavy atom. The molecule has 26 heavy (non-hydrogen) atoms. The summed E-state index contributed by atoms with van der Waals surface area (Å²) in [5, 5.41) is 2.70. The number of fused-ring (bicyclic) bond motifs is 1. The van der Waals surface area contributed by atoms with Gasteiger partial charge in [0.15, 0.2) is 0 Å². The molecule has 8 heteroatoms. The first-order chi connectivity index (χ1) is 12.5. The fraction of sp³-hybridized carbons (Fsp3) is 0.222. The van der Waals surface area contributed by atoms with Gasteiger partial charge >= 0.3 is 0 Å². The van der Waals surface area contributed by atoms with Crippen molar-refractivity contribution in [3.05, 3.63) is 54.1 Å². The smallest absolute Gasteiger partial charge is 0.257 e. The zero-order chi connectivity index (χ0) is 18.1. The van der Waals surface area contributed by atoms with Gasteiger partial charge in [0.2, 0.25) is 16.0 Å². The number of imidazole rings is 1. The zero-order valence-electron chi connectivity index (χ0n) is 14.0. The van der Waals surface area contributed by atoms with Gasteiger partial charge in [-0.05, 0) is 49.2 Å². The molecule has 0 bridgehead atoms. The number of anilines is 1. The number of rotatable bonds is 4. The van der Waals surface area contributed by atoms with Gasteiger partial charge in [0, 0.05) is 18.7 Å². The van der Waals surface area contributed by atoms with E-state index in [0.29, 0.717) is 24.6 Å². The molecule has 0 aliphatic carbocycles. The van der Waals surface area contributed by atoms with Crippen molar-refractivity contribution in [2.75, 3.05) is 18.4 Å². The fourth-order valence-corrected chi connectivity index (χ4v) is 4.56. The molecule has 2 aromatic carbocycles. The van der Waals surface area contributed by atoms with E-state index in [1.54, 1.807) is 0 Å². The van der Waals surface area contributed by atoms with Crippen LogP contribution in [0.4, 0.5) is 5.95 Å². The molecule has 0 radical (unpaired) electrons. The number of amides is 1. The van der Waals surface area contributed by atoms with E-state index in [0.717, 1.165) is 23.9 Å². The van der Waals surface area contributed by atoms with Gasteiger partial charge in [0.25, 0.3) is 5.91 Å². The molecule has 7 nitrogen and oxygen atoms in total. The maximum Gasteiger partial charge on any atom is 0.257 e. The van der Waals surface area contributed by atoms with Crippen LogP contribution in [0.25, 0.3) is 11.0 Å². The van der Waals surface area contributed by atoms with Crippen molar-refractivity contribution in [2.45, 2.75) is 17.7 Å². The van der Waals surface area contributed by atoms with Crippen molar-refractivity contribution < 1.29 is 13.2 Å². The maximum absolute atomic E-state index is 12.5. The van der Waals surface area contributed by atoms with Gasteiger partial charge in [-0.2, -0.15) is 4.31 Å². The second-order valence-electron chi connectivity index (χ2n) is 6.19. The molecule has 1 aromatic heterocycles. The number of aromatic amines is 1. The van der Waals surface area contributed by atoms with Crippen LogP contribution in [-0.2, 0) is 10.0 Å². The molecule has 1 aliphatic heterocycles. The number of nitrogens with one attached hydrogen (secondary N) is 2. The molecule has 1 amide bonds. The topological polar surface area (TPSA) is 95.2 Å². The third-order valence-corrected chi connectivity index (χ3v) is 6.35. The highest BCUT2D eigenvalue weighted by atomic mass is 32.2. The van der Waals surface area contributed by atoms with E-state index in [-0.39, 0.29) is 10.8 Å². The summed E-state index contributed by atoms with van der Waals surface area (Å²) in [7, 11) is -3.47. The summed E-state index contributed by atoms with van der Waals surface area (Å²) in [5.74, 6) is -0.000795. The highest BCUT2D eigenvalue weighted by Gasteiger charge is 2.27. The lowest BCUT2D eigenvalue weighted by Crippen LogP contribution is -2.27. The predicted molar refractivity (Wildman–Crippen MR) is 98.5 cm³/mol. The molecular weight excluding hydrogens is 352 g/mol. The summed E-state index contributed by atoms with van der Waals surface area (Å²) in [5.41, 5.74) is 1.95. The van der Waals surface area contributed by atoms with E-state index in [9.17, 15) is 13.2 Å². The summed E-state index contributed by atoms with van der Waals surface area (Å²) >= 11 is 0. The zero-order valence-corrected chi connectivity index (χ0v) is 14.8. The molecule has 4 rings (SSSR count). The first kappa shape index (κ1) is 16.7. The highest BCUT2D eigenvalue weighted by molar-refractivity contribution is 7.89. The van der Waals surface area contributed by atoms with Crippen LogP contribution in [0.2, 0.25) is 0 Å². The summed E-state index contributed by atoms with van der Waals surface area (Å²) in [6.07, 6.45) is 1.77. The van der Waals surface area contributed by atoms with Gasteiger partial charge in [0.05, 0.1) is 15.9 Å². The van der Waals surface area contributed by atoms with Crippen LogP contribution >= 0.6 is 0 Å². The first-order valence-corrected chi connectivity index (χ1v) is 9.84. The van der Waals surface area contributed by atoms with E-state index < -0.39 is 10.0 Å². The number of benzene rings is 2. The minimum atomic E-state index is -3.47. The van der Waals surface area contributed by atoms with Crippen LogP contribution in [0.1, 0.15) is 23.2 Å². The Bertz CT molecular complexity index is 1020. The fourth-order valence-electron chi connectivity index (χ4n) is 3.05. The van der Waals surface area contributed by atoms with Crippen LogP contribution in [0.3, 0.4) is 0 Å². The second-order valence-corrected chi connectivity index (χ2v) is 8.13. The van der Waals surface area contributed by atoms with Crippen molar-refractivity contribution >= 4 is 32.9 Å². The van der Waals surface area contributed by atoms with Gasteiger partial charge in [-0.25, -0.2) is 13.4 Å². The van der Waals surface area contributed by atoms with Gasteiger partial charge < -0.3 is 4.98 Å². The van der Waals surface area contributed by atoms with Crippen LogP contribution in [-0.4, -0.2) is 41.7 Å². The molecule has 134 valence electrons. The molecule has 1 aliphatic rings. The maximum atomic E-state index is 12.5. The monoisotopic (exact) mass is 370 g/mol. The number of hydrogen-bond acceptors (Lipinski definition) is 4. The number of nitrogens with zero attached hydrogens (tertiary/aromatic N) is 2. The molecule has 3 aromatic rings. The van der Waals surface area contributed by atoms with E-state index in [2.05, 4.69) is 15.3 Å². The molecule has 0 unspecified atom stereocenters. The summed E-state index contributed by atoms with van der Waals surface area (Å²) in [6.45, 7) is 1.10. The largest absolute Gasteiger partial charge is 0.324 e. The predicted octanol–water partition coefficient (Wildman–Crippen LogP) is 2.60. The number of hydrogen-bond donors (Lipinski definition) is 2. The van der Waals surface area contributed by atoms with Gasteiger partial charge in [-0.1, -0.05) is 12.1 Å². The summed E-state index contributed by atoms with van der Waals surface area (Å²) < 4.78 is 26.5. The van der Waals surface area contributed by atoms with Crippen LogP contribution in [0.5, 0.6) is 0 Å². The highest BCUT2D eigenvalue weighted by Crippen LogP contribution is 2.21. The number of aromatic nitrogens is 2. The number of carbonyl (C=O) groups excluding carboxylic acids is 1. The minimum Gasteiger partial charge on any atom is -0.324 e. The lowest BCUT2D eigenvalue weighted by atomic mass is 10.2. The Morgan fingerprint density at radius 1 is 1.04 bits per heavy atom. The number of sulfonamides is 1. The average molecular weight is 370 g/mol. The van der Waals surface area contributed by atoms with Gasteiger partial charge in [0.1, 0.15) is 0 Å². The van der Waals surface area contributed by atoms with E-state index in [1.165, 1.54) is 28.6 Å². The van der Waals surface area contributed by atoms with Crippen LogP contribution in [0.15, 0.2) is 53.4 Å². The molecular formula is C18H18N4O3S. The molecule has 2 heterocycles. The molecule has 0 spiro atoms. The Hall–Kier alpha value is -2.71. The number of H-pyrrole nitrogens is 1. The van der Waals surface area contributed by atoms with E-state index in [1.807, 2.05) is 24.3 Å². The standard InChI is InChI=1S/C18H18N4O3S/c23-17(21-18-19-15-5-1-2-6-16(15)20-18)13-7-9-14(10-8-13)26(24,25)22-11-3-4-12-22/h1-2,5-10H,3-4,11-12H2,(H2,19,20,21,23). The quantitative estimate of drug-likeness (QED) is 0.738. The molecule has 2 N–H and O–H groups in total. The molecule has 0 saturated carbocycles. The summed E-state index contributed by atoms with van der Waals surface area (Å²) in [4.78, 5) is 19.9. The Labute approximate surface area is 151 Å². The average Bonchev–Trinajstić information content (AvgIpc) is 3.31. The third kappa shape index (κ3) is 3.09. The lowest BCUT2D eigenvalue weighted by molar-refractivity contribution is 0.102. The molecule has 1 fully saturated rings. The molecule has 0 atom stereocenters. The normalized spacial score (nSPS) is 15.4. The third-order valence-electron chi connectivity index (χ3n) is 4.44. The van der Waals surface area contributed by atoms with Crippen molar-refractivity contribution in [2.24, 2.45) is 0 Å². The van der Waals surface area contributed by atoms with E-state index in [4.69, 9.17) is 0 Å². The molecule has 1 saturated heterocycles. The first-order valence-electron chi connectivity index (χ1n) is 8.40. The van der Waals surface area contributed by atoms with Crippen molar-refractivity contribution in [3.8, 4) is 0 Å². The Balaban J connectivity index is 1.51. The van der Waals surface area contributed by atoms with Crippen LogP contribution in [0, 0.1) is 0 Å². The SMILES string of the molecule is O=C(Nc1nc2ccccc2[nH]1)c1ccc(S(=O)(=O)N2CCCC2)cc1. The van der Waals surface area contributed by atoms with Crippen LogP contribution < -0.4 is 5.32 Å². The Morgan fingerprint density at radius 2 is 1.73 bits per heavy atom. The van der Waals surface area contributed by atoms with E-state index >= 15 is 0 Å².